The van der Waals surface area contributed by atoms with E-state index >= 15 is 0 Å². The average molecular weight is 1340 g/mol. The van der Waals surface area contributed by atoms with Crippen molar-refractivity contribution in [1.29, 1.82) is 0 Å². The van der Waals surface area contributed by atoms with Crippen LogP contribution in [-0.4, -0.2) is 11.3 Å². The highest BCUT2D eigenvalue weighted by molar-refractivity contribution is 7.00. The van der Waals surface area contributed by atoms with Crippen molar-refractivity contribution in [2.24, 2.45) is 0 Å². The molecule has 1 aromatic heterocycles. The van der Waals surface area contributed by atoms with Gasteiger partial charge in [-0.25, -0.2) is 0 Å². The molecule has 3 heterocycles. The molecule has 3 nitrogen and oxygen atoms in total. The molecule has 102 heavy (non-hydrogen) atoms. The first-order chi connectivity index (χ1) is 47.8. The van der Waals surface area contributed by atoms with Gasteiger partial charge in [-0.15, -0.1) is 0 Å². The molecule has 2 aliphatic heterocycles. The van der Waals surface area contributed by atoms with Crippen LogP contribution < -0.4 is 26.2 Å². The van der Waals surface area contributed by atoms with Crippen LogP contribution in [0, 0.1) is 0 Å². The molecule has 11 aromatic carbocycles. The van der Waals surface area contributed by atoms with Gasteiger partial charge in [0, 0.05) is 44.9 Å². The smallest absolute Gasteiger partial charge is 0.252 e. The van der Waals surface area contributed by atoms with E-state index in [4.69, 9.17) is 0 Å². The summed E-state index contributed by atoms with van der Waals surface area (Å²) in [6.07, 6.45) is 2.36. The second-order valence-electron chi connectivity index (χ2n) is 37.9. The summed E-state index contributed by atoms with van der Waals surface area (Å²) in [5, 5.41) is 2.47. The zero-order valence-corrected chi connectivity index (χ0v) is 65.1. The highest BCUT2D eigenvalue weighted by atomic mass is 15.2. The summed E-state index contributed by atoms with van der Waals surface area (Å²) in [6.45, 7) is 51.9. The van der Waals surface area contributed by atoms with E-state index in [1.165, 1.54) is 163 Å². The molecule has 0 bridgehead atoms. The van der Waals surface area contributed by atoms with E-state index in [9.17, 15) is 0 Å². The third kappa shape index (κ3) is 12.0. The van der Waals surface area contributed by atoms with Gasteiger partial charge in [0.2, 0.25) is 0 Å². The molecule has 0 amide bonds. The van der Waals surface area contributed by atoms with Gasteiger partial charge in [0.25, 0.3) is 6.71 Å². The van der Waals surface area contributed by atoms with Gasteiger partial charge in [-0.1, -0.05) is 310 Å². The largest absolute Gasteiger partial charge is 0.311 e. The number of para-hydroxylation sites is 2. The number of benzene rings is 11. The molecule has 1 aliphatic carbocycles. The maximum Gasteiger partial charge on any atom is 0.252 e. The molecule has 3 aliphatic rings. The maximum atomic E-state index is 2.65. The SMILES string of the molecule is CC(C)(C)c1cc(-c2ccc(N3c4cc(-c5cc(C(C)(C)C)cc(C(C)(C)C)c5)ccc4B4c5ccc(-c6cc(C(C)(C)C)cc(C(C)(C)C)c6)cc5N(c5ccc(-c6ccc7c(c6)C(C)(C)CCC7(C)C)cc5)c5cc(-n6c7ccccc7c7ccccc76)cc3c54)cc2)cc(C(C)(C)C)c1. The van der Waals surface area contributed by atoms with Gasteiger partial charge in [0.1, 0.15) is 0 Å². The van der Waals surface area contributed by atoms with E-state index < -0.39 is 0 Å². The topological polar surface area (TPSA) is 11.4 Å². The number of fused-ring (bicyclic) bond motifs is 8. The van der Waals surface area contributed by atoms with Gasteiger partial charge in [0.05, 0.1) is 16.7 Å². The number of anilines is 6. The average Bonchev–Trinajstić information content (AvgIpc) is 0.865. The molecule has 0 atom stereocenters. The van der Waals surface area contributed by atoms with Gasteiger partial charge in [-0.2, -0.15) is 0 Å². The highest BCUT2D eigenvalue weighted by Gasteiger charge is 2.45. The molecule has 15 rings (SSSR count). The van der Waals surface area contributed by atoms with Gasteiger partial charge in [0.15, 0.2) is 0 Å². The van der Waals surface area contributed by atoms with E-state index in [2.05, 4.69) is 385 Å². The molecule has 516 valence electrons. The van der Waals surface area contributed by atoms with Crippen LogP contribution in [0.4, 0.5) is 34.1 Å². The zero-order chi connectivity index (χ0) is 72.5. The Kier molecular flexibility index (Phi) is 16.0. The molecule has 0 fully saturated rings. The Bertz CT molecular complexity index is 5180. The predicted octanol–water partition coefficient (Wildman–Crippen LogP) is 25.7. The summed E-state index contributed by atoms with van der Waals surface area (Å²) >= 11 is 0. The fraction of sp³-hybridized carbons (Fsp3) is 0.327. The summed E-state index contributed by atoms with van der Waals surface area (Å²) in [4.78, 5) is 5.29. The van der Waals surface area contributed by atoms with Gasteiger partial charge < -0.3 is 14.4 Å². The highest BCUT2D eigenvalue weighted by Crippen LogP contribution is 2.51. The van der Waals surface area contributed by atoms with E-state index in [0.29, 0.717) is 0 Å². The second kappa shape index (κ2) is 23.7. The lowest BCUT2D eigenvalue weighted by Crippen LogP contribution is -2.61. The van der Waals surface area contributed by atoms with Crippen molar-refractivity contribution in [3.8, 4) is 50.2 Å². The van der Waals surface area contributed by atoms with Crippen LogP contribution in [0.1, 0.15) is 210 Å². The molecule has 0 saturated heterocycles. The molecule has 0 spiro atoms. The Labute approximate surface area is 611 Å². The minimum absolute atomic E-state index is 0.0258. The van der Waals surface area contributed by atoms with E-state index in [-0.39, 0.29) is 50.0 Å². The monoisotopic (exact) mass is 1340 g/mol. The minimum Gasteiger partial charge on any atom is -0.311 e. The maximum absolute atomic E-state index is 2.65. The Morgan fingerprint density at radius 3 is 0.961 bits per heavy atom. The Morgan fingerprint density at radius 2 is 0.588 bits per heavy atom. The van der Waals surface area contributed by atoms with Crippen molar-refractivity contribution in [2.75, 3.05) is 9.80 Å². The first kappa shape index (κ1) is 68.6. The summed E-state index contributed by atoms with van der Waals surface area (Å²) in [5.74, 6) is 0. The van der Waals surface area contributed by atoms with Crippen molar-refractivity contribution in [1.82, 2.24) is 4.57 Å². The fourth-order valence-electron chi connectivity index (χ4n) is 16.6. The van der Waals surface area contributed by atoms with Crippen LogP contribution in [0.15, 0.2) is 218 Å². The van der Waals surface area contributed by atoms with Crippen molar-refractivity contribution in [2.45, 2.75) is 208 Å². The first-order valence-electron chi connectivity index (χ1n) is 37.7. The lowest BCUT2D eigenvalue weighted by atomic mass is 9.33. The molecular formula is C98H106BN3. The first-order valence-corrected chi connectivity index (χ1v) is 37.7. The quantitative estimate of drug-likeness (QED) is 0.147. The Hall–Kier alpha value is -9.12. The Morgan fingerprint density at radius 1 is 0.275 bits per heavy atom. The number of hydrogen-bond acceptors (Lipinski definition) is 2. The number of hydrogen-bond donors (Lipinski definition) is 0. The molecule has 0 N–H and O–H groups in total. The summed E-state index contributed by atoms with van der Waals surface area (Å²) in [6, 6.07) is 86.7. The third-order valence-electron chi connectivity index (χ3n) is 23.3. The van der Waals surface area contributed by atoms with Gasteiger partial charge in [-0.3, -0.25) is 0 Å². The molecule has 0 saturated carbocycles. The summed E-state index contributed by atoms with van der Waals surface area (Å²) < 4.78 is 2.54. The van der Waals surface area contributed by atoms with E-state index in [1.54, 1.807) is 0 Å². The van der Waals surface area contributed by atoms with Crippen LogP contribution in [0.25, 0.3) is 72.0 Å². The standard InChI is InChI=1S/C98H106BN3/c1-91(2,3)69-47-66(48-70(56-69)92(4,5)6)62-33-40-76(41-34-62)101-87-55-65(68-51-73(95(13,14)15)58-74(52-68)96(16,17)18)37-44-83(87)99-82-43-36-64(67-49-71(93(7,8)9)57-72(50-67)94(10,11)12)54-86(82)100(75-38-31-61(32-39-75)63-35-42-80-81(53-63)98(21,22)46-45-97(80,19)20)88-59-77(60-89(101)90(88)99)102-84-29-25-23-27-78(84)79-28-24-26-30-85(79)102/h23-44,47-60H,45-46H2,1-22H3. The summed E-state index contributed by atoms with van der Waals surface area (Å²) in [7, 11) is 0. The summed E-state index contributed by atoms with van der Waals surface area (Å²) in [5.41, 5.74) is 35.0. The number of nitrogens with zero attached hydrogens (tertiary/aromatic N) is 3. The molecule has 0 unspecified atom stereocenters. The fourth-order valence-corrected chi connectivity index (χ4v) is 16.6. The van der Waals surface area contributed by atoms with Crippen molar-refractivity contribution >= 4 is 79.0 Å². The van der Waals surface area contributed by atoms with E-state index in [1.807, 2.05) is 0 Å². The van der Waals surface area contributed by atoms with Crippen LogP contribution in [0.2, 0.25) is 0 Å². The lowest BCUT2D eigenvalue weighted by molar-refractivity contribution is 0.332. The van der Waals surface area contributed by atoms with Crippen molar-refractivity contribution in [3.05, 3.63) is 263 Å². The van der Waals surface area contributed by atoms with Gasteiger partial charge >= 0.3 is 0 Å². The lowest BCUT2D eigenvalue weighted by Gasteiger charge is -2.45. The predicted molar refractivity (Wildman–Crippen MR) is 444 cm³/mol. The van der Waals surface area contributed by atoms with E-state index in [0.717, 1.165) is 17.1 Å². The van der Waals surface area contributed by atoms with Crippen LogP contribution >= 0.6 is 0 Å². The van der Waals surface area contributed by atoms with Crippen LogP contribution in [0.3, 0.4) is 0 Å². The van der Waals surface area contributed by atoms with Crippen LogP contribution in [-0.2, 0) is 43.3 Å². The van der Waals surface area contributed by atoms with Crippen molar-refractivity contribution < 1.29 is 0 Å². The third-order valence-corrected chi connectivity index (χ3v) is 23.3. The second-order valence-corrected chi connectivity index (χ2v) is 37.9. The normalized spacial score (nSPS) is 15.2. The molecule has 0 radical (unpaired) electrons. The Balaban J connectivity index is 1.04. The zero-order valence-electron chi connectivity index (χ0n) is 65.1. The number of aromatic nitrogens is 1. The molecule has 12 aromatic rings. The minimum atomic E-state index is -0.141. The molecular weight excluding hydrogens is 1230 g/mol. The molecule has 4 heteroatoms. The number of rotatable bonds is 7. The van der Waals surface area contributed by atoms with Crippen molar-refractivity contribution in [3.63, 3.8) is 0 Å². The van der Waals surface area contributed by atoms with Crippen LogP contribution in [0.5, 0.6) is 0 Å². The van der Waals surface area contributed by atoms with Gasteiger partial charge in [-0.05, 0) is 222 Å².